The fourth-order valence-corrected chi connectivity index (χ4v) is 2.82. The van der Waals surface area contributed by atoms with E-state index in [1.54, 1.807) is 0 Å². The molecule has 0 aromatic carbocycles. The predicted molar refractivity (Wildman–Crippen MR) is 79.4 cm³/mol. The summed E-state index contributed by atoms with van der Waals surface area (Å²) in [5.74, 6) is 1.30. The van der Waals surface area contributed by atoms with E-state index in [1.807, 2.05) is 0 Å². The number of carbonyl (C=O) groups is 1. The Morgan fingerprint density at radius 2 is 2.10 bits per heavy atom. The summed E-state index contributed by atoms with van der Waals surface area (Å²) in [6.45, 7) is 9.88. The fourth-order valence-electron chi connectivity index (χ4n) is 2.82. The minimum absolute atomic E-state index is 0.0432. The Labute approximate surface area is 126 Å². The van der Waals surface area contributed by atoms with Crippen LogP contribution in [0.4, 0.5) is 0 Å². The zero-order valence-electron chi connectivity index (χ0n) is 13.2. The van der Waals surface area contributed by atoms with Crippen LogP contribution in [0.25, 0.3) is 0 Å². The van der Waals surface area contributed by atoms with Gasteiger partial charge in [-0.3, -0.25) is 9.69 Å². The highest BCUT2D eigenvalue weighted by Gasteiger charge is 2.25. The van der Waals surface area contributed by atoms with E-state index in [9.17, 15) is 4.79 Å². The van der Waals surface area contributed by atoms with E-state index in [0.717, 1.165) is 19.0 Å². The van der Waals surface area contributed by atoms with Crippen LogP contribution in [0.2, 0.25) is 0 Å². The molecule has 118 valence electrons. The summed E-state index contributed by atoms with van der Waals surface area (Å²) < 4.78 is 1.43. The molecule has 1 unspecified atom stereocenters. The van der Waals surface area contributed by atoms with Gasteiger partial charge >= 0.3 is 0 Å². The average molecular weight is 294 g/mol. The van der Waals surface area contributed by atoms with Crippen LogP contribution in [0.1, 0.15) is 33.6 Å². The Hall–Kier alpha value is -1.50. The first kappa shape index (κ1) is 15.9. The number of amides is 1. The first-order chi connectivity index (χ1) is 10.1. The Morgan fingerprint density at radius 3 is 2.67 bits per heavy atom. The highest BCUT2D eigenvalue weighted by Crippen LogP contribution is 2.20. The molecule has 7 nitrogen and oxygen atoms in total. The summed E-state index contributed by atoms with van der Waals surface area (Å²) in [7, 11) is 0. The van der Waals surface area contributed by atoms with Crippen LogP contribution in [-0.4, -0.2) is 56.7 Å². The maximum Gasteiger partial charge on any atom is 0.241 e. The summed E-state index contributed by atoms with van der Waals surface area (Å²) in [6.07, 6.45) is 3.95. The van der Waals surface area contributed by atoms with Gasteiger partial charge in [0.15, 0.2) is 0 Å². The molecule has 2 heterocycles. The van der Waals surface area contributed by atoms with E-state index in [-0.39, 0.29) is 12.5 Å². The van der Waals surface area contributed by atoms with Crippen LogP contribution < -0.4 is 5.32 Å². The number of piperidine rings is 1. The lowest BCUT2D eigenvalue weighted by atomic mass is 9.94. The quantitative estimate of drug-likeness (QED) is 0.829. The first-order valence-electron chi connectivity index (χ1n) is 7.77. The summed E-state index contributed by atoms with van der Waals surface area (Å²) in [6, 6.07) is 0.398. The molecular weight excluding hydrogens is 268 g/mol. The Kier molecular flexibility index (Phi) is 5.67. The van der Waals surface area contributed by atoms with Crippen molar-refractivity contribution in [3.05, 3.63) is 6.33 Å². The molecule has 1 aliphatic rings. The normalized spacial score (nSPS) is 18.9. The topological polar surface area (TPSA) is 75.9 Å². The smallest absolute Gasteiger partial charge is 0.241 e. The molecule has 7 heteroatoms. The van der Waals surface area contributed by atoms with Gasteiger partial charge in [0, 0.05) is 12.6 Å². The third-order valence-corrected chi connectivity index (χ3v) is 4.26. The largest absolute Gasteiger partial charge is 0.353 e. The van der Waals surface area contributed by atoms with Crippen LogP contribution in [0.15, 0.2) is 6.33 Å². The zero-order valence-corrected chi connectivity index (χ0v) is 13.2. The van der Waals surface area contributed by atoms with E-state index in [4.69, 9.17) is 0 Å². The lowest BCUT2D eigenvalue weighted by molar-refractivity contribution is -0.122. The van der Waals surface area contributed by atoms with Gasteiger partial charge in [-0.05, 0) is 48.2 Å². The van der Waals surface area contributed by atoms with Crippen molar-refractivity contribution in [1.82, 2.24) is 30.4 Å². The van der Waals surface area contributed by atoms with Crippen LogP contribution in [0.5, 0.6) is 0 Å². The standard InChI is InChI=1S/C14H26N6O/c1-11(2)13(19-6-4-12(3)5-7-19)8-15-14(21)9-20-10-16-17-18-20/h10-13H,4-9H2,1-3H3,(H,15,21). The second-order valence-corrected chi connectivity index (χ2v) is 6.34. The first-order valence-corrected chi connectivity index (χ1v) is 7.77. The highest BCUT2D eigenvalue weighted by atomic mass is 16.2. The number of rotatable bonds is 6. The van der Waals surface area contributed by atoms with Crippen LogP contribution >= 0.6 is 0 Å². The number of hydrogen-bond donors (Lipinski definition) is 1. The molecule has 1 fully saturated rings. The average Bonchev–Trinajstić information content (AvgIpc) is 2.93. The minimum atomic E-state index is -0.0432. The van der Waals surface area contributed by atoms with Gasteiger partial charge in [0.2, 0.25) is 5.91 Å². The lowest BCUT2D eigenvalue weighted by Crippen LogP contribution is -2.50. The molecule has 0 saturated carbocycles. The van der Waals surface area contributed by atoms with Crippen molar-refractivity contribution < 1.29 is 4.79 Å². The van der Waals surface area contributed by atoms with E-state index in [2.05, 4.69) is 46.5 Å². The molecule has 1 atom stereocenters. The Bertz CT molecular complexity index is 425. The number of nitrogens with one attached hydrogen (secondary N) is 1. The minimum Gasteiger partial charge on any atom is -0.353 e. The van der Waals surface area contributed by atoms with Gasteiger partial charge in [-0.2, -0.15) is 0 Å². The SMILES string of the molecule is CC1CCN(C(CNC(=O)Cn2cnnn2)C(C)C)CC1. The van der Waals surface area contributed by atoms with Crippen LogP contribution in [0, 0.1) is 11.8 Å². The van der Waals surface area contributed by atoms with Crippen molar-refractivity contribution in [1.29, 1.82) is 0 Å². The van der Waals surface area contributed by atoms with Gasteiger partial charge in [-0.25, -0.2) is 4.68 Å². The number of carbonyl (C=O) groups excluding carboxylic acids is 1. The summed E-state index contributed by atoms with van der Waals surface area (Å²) >= 11 is 0. The van der Waals surface area contributed by atoms with Gasteiger partial charge in [-0.15, -0.1) is 5.10 Å². The van der Waals surface area contributed by atoms with Gasteiger partial charge < -0.3 is 5.32 Å². The van der Waals surface area contributed by atoms with E-state index >= 15 is 0 Å². The Morgan fingerprint density at radius 1 is 1.38 bits per heavy atom. The van der Waals surface area contributed by atoms with E-state index < -0.39 is 0 Å². The molecule has 1 aliphatic heterocycles. The van der Waals surface area contributed by atoms with Crippen molar-refractivity contribution in [3.63, 3.8) is 0 Å². The third-order valence-electron chi connectivity index (χ3n) is 4.26. The molecule has 1 N–H and O–H groups in total. The number of aromatic nitrogens is 4. The fraction of sp³-hybridized carbons (Fsp3) is 0.857. The molecule has 0 aliphatic carbocycles. The zero-order chi connectivity index (χ0) is 15.2. The molecule has 0 spiro atoms. The van der Waals surface area contributed by atoms with Crippen molar-refractivity contribution in [2.45, 2.75) is 46.2 Å². The molecule has 0 bridgehead atoms. The number of tetrazole rings is 1. The molecule has 1 aromatic heterocycles. The van der Waals surface area contributed by atoms with Gasteiger partial charge in [-0.1, -0.05) is 20.8 Å². The van der Waals surface area contributed by atoms with Crippen LogP contribution in [0.3, 0.4) is 0 Å². The number of hydrogen-bond acceptors (Lipinski definition) is 5. The maximum atomic E-state index is 11.9. The third kappa shape index (κ3) is 4.77. The van der Waals surface area contributed by atoms with E-state index in [1.165, 1.54) is 23.9 Å². The molecule has 0 radical (unpaired) electrons. The van der Waals surface area contributed by atoms with Crippen LogP contribution in [-0.2, 0) is 11.3 Å². The molecule has 21 heavy (non-hydrogen) atoms. The molecule has 1 amide bonds. The lowest BCUT2D eigenvalue weighted by Gasteiger charge is -2.38. The van der Waals surface area contributed by atoms with Crippen molar-refractivity contribution in [2.75, 3.05) is 19.6 Å². The number of nitrogens with zero attached hydrogens (tertiary/aromatic N) is 5. The second kappa shape index (κ2) is 7.49. The maximum absolute atomic E-state index is 11.9. The highest BCUT2D eigenvalue weighted by molar-refractivity contribution is 5.75. The van der Waals surface area contributed by atoms with E-state index in [0.29, 0.717) is 18.5 Å². The Balaban J connectivity index is 1.81. The monoisotopic (exact) mass is 294 g/mol. The van der Waals surface area contributed by atoms with Gasteiger partial charge in [0.25, 0.3) is 0 Å². The predicted octanol–water partition coefficient (Wildman–Crippen LogP) is 0.546. The molecule has 2 rings (SSSR count). The van der Waals surface area contributed by atoms with Crippen molar-refractivity contribution in [2.24, 2.45) is 11.8 Å². The number of likely N-dealkylation sites (tertiary alicyclic amines) is 1. The molecule has 1 saturated heterocycles. The second-order valence-electron chi connectivity index (χ2n) is 6.34. The summed E-state index contributed by atoms with van der Waals surface area (Å²) in [5, 5.41) is 13.8. The van der Waals surface area contributed by atoms with Gasteiger partial charge in [0.1, 0.15) is 12.9 Å². The summed E-state index contributed by atoms with van der Waals surface area (Å²) in [4.78, 5) is 14.4. The molecular formula is C14H26N6O. The van der Waals surface area contributed by atoms with Gasteiger partial charge in [0.05, 0.1) is 0 Å². The summed E-state index contributed by atoms with van der Waals surface area (Å²) in [5.41, 5.74) is 0. The van der Waals surface area contributed by atoms with Crippen molar-refractivity contribution in [3.8, 4) is 0 Å². The molecule has 1 aromatic rings. The van der Waals surface area contributed by atoms with Crippen molar-refractivity contribution >= 4 is 5.91 Å².